The molecule has 2 fully saturated rings. The van der Waals surface area contributed by atoms with E-state index in [1.165, 1.54) is 5.57 Å². The van der Waals surface area contributed by atoms with Crippen LogP contribution in [-0.2, 0) is 9.53 Å². The minimum absolute atomic E-state index is 0.131. The summed E-state index contributed by atoms with van der Waals surface area (Å²) in [6, 6.07) is 0. The summed E-state index contributed by atoms with van der Waals surface area (Å²) in [7, 11) is 1.65. The molecule has 2 heteroatoms. The molecule has 0 bridgehead atoms. The van der Waals surface area contributed by atoms with E-state index in [1.807, 2.05) is 0 Å². The Labute approximate surface area is 97.4 Å². The highest BCUT2D eigenvalue weighted by Gasteiger charge is 2.66. The van der Waals surface area contributed by atoms with Crippen LogP contribution in [0.15, 0.2) is 23.5 Å². The molecule has 2 atom stereocenters. The fraction of sp³-hybridized carbons (Fsp3) is 0.643. The van der Waals surface area contributed by atoms with Crippen molar-refractivity contribution < 1.29 is 9.53 Å². The minimum Gasteiger partial charge on any atom is -0.504 e. The molecule has 2 aliphatic carbocycles. The van der Waals surface area contributed by atoms with Gasteiger partial charge in [-0.05, 0) is 37.7 Å². The number of carbonyl (C=O) groups excluding carboxylic acids is 1. The van der Waals surface area contributed by atoms with Gasteiger partial charge in [-0.2, -0.15) is 0 Å². The van der Waals surface area contributed by atoms with Gasteiger partial charge in [-0.1, -0.05) is 18.6 Å². The number of methoxy groups -OCH3 is 1. The fourth-order valence-corrected chi connectivity index (χ4v) is 3.40. The lowest BCUT2D eigenvalue weighted by Crippen LogP contribution is -2.53. The molecule has 0 radical (unpaired) electrons. The molecule has 2 nitrogen and oxygen atoms in total. The van der Waals surface area contributed by atoms with E-state index in [4.69, 9.17) is 4.74 Å². The van der Waals surface area contributed by atoms with Gasteiger partial charge >= 0.3 is 0 Å². The lowest BCUT2D eigenvalue weighted by Gasteiger charge is -2.51. The summed E-state index contributed by atoms with van der Waals surface area (Å²) in [6.45, 7) is 6.34. The molecule has 0 N–H and O–H groups in total. The van der Waals surface area contributed by atoms with Crippen molar-refractivity contribution in [3.63, 3.8) is 0 Å². The molecule has 2 rings (SSSR count). The van der Waals surface area contributed by atoms with Gasteiger partial charge in [0.2, 0.25) is 0 Å². The third kappa shape index (κ3) is 1.22. The summed E-state index contributed by atoms with van der Waals surface area (Å²) in [4.78, 5) is 12.1. The molecular weight excluding hydrogens is 200 g/mol. The summed E-state index contributed by atoms with van der Waals surface area (Å²) >= 11 is 0. The van der Waals surface area contributed by atoms with Crippen LogP contribution in [0.1, 0.15) is 40.0 Å². The summed E-state index contributed by atoms with van der Waals surface area (Å²) in [5.41, 5.74) is 2.16. The van der Waals surface area contributed by atoms with E-state index >= 15 is 0 Å². The standard InChI is InChI=1S/C14H20O2/c1-10(2)7-14-11(9-16-4)5-6-13(14,3)8-12(14)15/h7,9H,5-6,8H2,1-4H3/b11-9+/t13-,14+/m1/s1. The van der Waals surface area contributed by atoms with Gasteiger partial charge in [0.15, 0.2) is 0 Å². The number of carbonyl (C=O) groups is 1. The van der Waals surface area contributed by atoms with Crippen LogP contribution in [0.4, 0.5) is 0 Å². The normalized spacial score (nSPS) is 39.2. The summed E-state index contributed by atoms with van der Waals surface area (Å²) < 4.78 is 5.13. The number of rotatable bonds is 2. The van der Waals surface area contributed by atoms with Crippen molar-refractivity contribution in [2.75, 3.05) is 7.11 Å². The largest absolute Gasteiger partial charge is 0.504 e. The van der Waals surface area contributed by atoms with Crippen LogP contribution in [-0.4, -0.2) is 12.9 Å². The number of ketones is 1. The first-order valence-electron chi connectivity index (χ1n) is 5.88. The molecule has 0 aliphatic heterocycles. The molecule has 0 aromatic carbocycles. The predicted molar refractivity (Wildman–Crippen MR) is 63.9 cm³/mol. The highest BCUT2D eigenvalue weighted by Crippen LogP contribution is 2.67. The van der Waals surface area contributed by atoms with E-state index in [-0.39, 0.29) is 10.8 Å². The van der Waals surface area contributed by atoms with Gasteiger partial charge in [-0.25, -0.2) is 0 Å². The first-order chi connectivity index (χ1) is 7.46. The highest BCUT2D eigenvalue weighted by molar-refractivity contribution is 5.99. The van der Waals surface area contributed by atoms with Crippen LogP contribution in [0, 0.1) is 10.8 Å². The molecule has 2 saturated carbocycles. The summed E-state index contributed by atoms with van der Waals surface area (Å²) in [5, 5.41) is 0. The second-order valence-corrected chi connectivity index (χ2v) is 5.57. The first kappa shape index (κ1) is 11.4. The maximum Gasteiger partial charge on any atom is 0.148 e. The SMILES string of the molecule is CO/C=C1\CC[C@]2(C)CC(=O)[C@]12C=C(C)C. The molecular formula is C14H20O2. The quantitative estimate of drug-likeness (QED) is 0.527. The first-order valence-corrected chi connectivity index (χ1v) is 5.88. The Morgan fingerprint density at radius 3 is 2.62 bits per heavy atom. The molecule has 2 aliphatic rings. The van der Waals surface area contributed by atoms with Crippen molar-refractivity contribution >= 4 is 5.78 Å². The molecule has 0 unspecified atom stereocenters. The van der Waals surface area contributed by atoms with Crippen molar-refractivity contribution in [3.05, 3.63) is 23.5 Å². The molecule has 0 aromatic rings. The Balaban J connectivity index is 2.51. The van der Waals surface area contributed by atoms with Crippen molar-refractivity contribution in [3.8, 4) is 0 Å². The fourth-order valence-electron chi connectivity index (χ4n) is 3.40. The Hall–Kier alpha value is -1.05. The van der Waals surface area contributed by atoms with Gasteiger partial charge < -0.3 is 4.74 Å². The zero-order chi connectivity index (χ0) is 12.0. The van der Waals surface area contributed by atoms with Crippen LogP contribution in [0.5, 0.6) is 0 Å². The van der Waals surface area contributed by atoms with Crippen molar-refractivity contribution in [2.24, 2.45) is 10.8 Å². The van der Waals surface area contributed by atoms with Gasteiger partial charge in [-0.3, -0.25) is 4.79 Å². The summed E-state index contributed by atoms with van der Waals surface area (Å²) in [5.74, 6) is 0.358. The third-order valence-corrected chi connectivity index (χ3v) is 4.16. The molecule has 16 heavy (non-hydrogen) atoms. The van der Waals surface area contributed by atoms with E-state index in [0.29, 0.717) is 5.78 Å². The second kappa shape index (κ2) is 3.47. The van der Waals surface area contributed by atoms with Gasteiger partial charge in [-0.15, -0.1) is 0 Å². The van der Waals surface area contributed by atoms with E-state index in [9.17, 15) is 4.79 Å². The summed E-state index contributed by atoms with van der Waals surface area (Å²) in [6.07, 6.45) is 6.73. The van der Waals surface area contributed by atoms with Crippen molar-refractivity contribution in [1.29, 1.82) is 0 Å². The number of hydrogen-bond donors (Lipinski definition) is 0. The van der Waals surface area contributed by atoms with Gasteiger partial charge in [0.1, 0.15) is 5.78 Å². The number of ether oxygens (including phenoxy) is 1. The minimum atomic E-state index is -0.345. The van der Waals surface area contributed by atoms with Crippen molar-refractivity contribution in [1.82, 2.24) is 0 Å². The van der Waals surface area contributed by atoms with Crippen LogP contribution < -0.4 is 0 Å². The highest BCUT2D eigenvalue weighted by atomic mass is 16.5. The average molecular weight is 220 g/mol. The van der Waals surface area contributed by atoms with Gasteiger partial charge in [0.05, 0.1) is 18.8 Å². The Kier molecular flexibility index (Phi) is 2.48. The average Bonchev–Trinajstić information content (AvgIpc) is 2.39. The molecule has 0 heterocycles. The van der Waals surface area contributed by atoms with Gasteiger partial charge in [0.25, 0.3) is 0 Å². The number of fused-ring (bicyclic) bond motifs is 1. The van der Waals surface area contributed by atoms with E-state index in [0.717, 1.165) is 24.8 Å². The smallest absolute Gasteiger partial charge is 0.148 e. The topological polar surface area (TPSA) is 26.3 Å². The monoisotopic (exact) mass is 220 g/mol. The number of Topliss-reactive ketones (excluding diaryl/α,β-unsaturated/α-hetero) is 1. The van der Waals surface area contributed by atoms with E-state index in [1.54, 1.807) is 13.4 Å². The van der Waals surface area contributed by atoms with Crippen LogP contribution in [0.25, 0.3) is 0 Å². The van der Waals surface area contributed by atoms with Gasteiger partial charge in [0, 0.05) is 6.42 Å². The second-order valence-electron chi connectivity index (χ2n) is 5.57. The van der Waals surface area contributed by atoms with Crippen LogP contribution in [0.3, 0.4) is 0 Å². The molecule has 0 amide bonds. The maximum absolute atomic E-state index is 12.1. The zero-order valence-corrected chi connectivity index (χ0v) is 10.6. The zero-order valence-electron chi connectivity index (χ0n) is 10.6. The Bertz CT molecular complexity index is 388. The van der Waals surface area contributed by atoms with Crippen LogP contribution in [0.2, 0.25) is 0 Å². The van der Waals surface area contributed by atoms with Crippen molar-refractivity contribution in [2.45, 2.75) is 40.0 Å². The molecule has 88 valence electrons. The van der Waals surface area contributed by atoms with Crippen LogP contribution >= 0.6 is 0 Å². The lowest BCUT2D eigenvalue weighted by atomic mass is 9.50. The maximum atomic E-state index is 12.1. The Morgan fingerprint density at radius 1 is 1.44 bits per heavy atom. The Morgan fingerprint density at radius 2 is 2.12 bits per heavy atom. The predicted octanol–water partition coefficient (Wildman–Crippen LogP) is 3.24. The van der Waals surface area contributed by atoms with E-state index < -0.39 is 0 Å². The molecule has 0 aromatic heterocycles. The molecule has 0 saturated heterocycles. The molecule has 0 spiro atoms. The lowest BCUT2D eigenvalue weighted by molar-refractivity contribution is -0.144. The van der Waals surface area contributed by atoms with E-state index in [2.05, 4.69) is 26.8 Å². The third-order valence-electron chi connectivity index (χ3n) is 4.16. The number of hydrogen-bond acceptors (Lipinski definition) is 2. The number of allylic oxidation sites excluding steroid dienone is 3.